The number of urea groups is 1. The largest absolute Gasteiger partial charge is 0.468 e. The number of likely N-dealkylation sites (tertiary alicyclic amines) is 1. The summed E-state index contributed by atoms with van der Waals surface area (Å²) in [5.74, 6) is 0.477. The van der Waals surface area contributed by atoms with Crippen molar-refractivity contribution in [3.63, 3.8) is 0 Å². The predicted octanol–water partition coefficient (Wildman–Crippen LogP) is 2.36. The van der Waals surface area contributed by atoms with Crippen molar-refractivity contribution in [3.8, 4) is 0 Å². The summed E-state index contributed by atoms with van der Waals surface area (Å²) >= 11 is 6.15. The second kappa shape index (κ2) is 10.4. The number of rotatable bonds is 7. The third-order valence-electron chi connectivity index (χ3n) is 6.14. The highest BCUT2D eigenvalue weighted by Gasteiger charge is 2.25. The monoisotopic (exact) mass is 524 g/mol. The molecule has 0 saturated carbocycles. The molecule has 0 spiro atoms. The molecular weight excluding hydrogens is 500 g/mol. The Balaban J connectivity index is 1.44. The average Bonchev–Trinajstić information content (AvgIpc) is 3.42. The van der Waals surface area contributed by atoms with Gasteiger partial charge in [0.2, 0.25) is 0 Å². The smallest absolute Gasteiger partial charge is 0.326 e. The zero-order valence-corrected chi connectivity index (χ0v) is 20.7. The fraction of sp³-hybridized carbons (Fsp3) is 0.292. The molecule has 3 aromatic rings. The fourth-order valence-corrected chi connectivity index (χ4v) is 4.48. The average molecular weight is 525 g/mol. The topological polar surface area (TPSA) is 142 Å². The second-order valence-electron chi connectivity index (χ2n) is 8.73. The number of aromatic nitrogens is 3. The Morgan fingerprint density at radius 3 is 2.76 bits per heavy atom. The number of halogens is 1. The molecule has 0 atom stereocenters. The van der Waals surface area contributed by atoms with E-state index in [0.29, 0.717) is 27.9 Å². The Morgan fingerprint density at radius 2 is 2.05 bits per heavy atom. The van der Waals surface area contributed by atoms with E-state index in [1.54, 1.807) is 22.8 Å². The van der Waals surface area contributed by atoms with E-state index in [9.17, 15) is 14.4 Å². The molecule has 13 heteroatoms. The van der Waals surface area contributed by atoms with Crippen molar-refractivity contribution in [2.75, 3.05) is 37.4 Å². The van der Waals surface area contributed by atoms with Crippen LogP contribution in [0.4, 0.5) is 22.1 Å². The molecular formula is C24H25ClN8O4. The van der Waals surface area contributed by atoms with E-state index in [4.69, 9.17) is 21.3 Å². The summed E-state index contributed by atoms with van der Waals surface area (Å²) in [6.07, 6.45) is 4.76. The van der Waals surface area contributed by atoms with Crippen LogP contribution >= 0.6 is 11.6 Å². The van der Waals surface area contributed by atoms with Gasteiger partial charge in [-0.3, -0.25) is 19.8 Å². The third kappa shape index (κ3) is 5.65. The molecule has 192 valence electrons. The van der Waals surface area contributed by atoms with Crippen molar-refractivity contribution >= 4 is 58.6 Å². The Labute approximate surface area is 217 Å². The fourth-order valence-electron chi connectivity index (χ4n) is 4.29. The van der Waals surface area contributed by atoms with Gasteiger partial charge in [0.05, 0.1) is 19.9 Å². The van der Waals surface area contributed by atoms with Gasteiger partial charge >= 0.3 is 12.0 Å². The van der Waals surface area contributed by atoms with Gasteiger partial charge in [-0.2, -0.15) is 9.61 Å². The molecule has 4 heterocycles. The summed E-state index contributed by atoms with van der Waals surface area (Å²) in [6.45, 7) is 1.78. The maximum atomic E-state index is 12.0. The van der Waals surface area contributed by atoms with E-state index >= 15 is 0 Å². The maximum absolute atomic E-state index is 12.0. The lowest BCUT2D eigenvalue weighted by atomic mass is 10.1. The van der Waals surface area contributed by atoms with E-state index < -0.39 is 11.9 Å². The van der Waals surface area contributed by atoms with Crippen LogP contribution in [0.2, 0.25) is 5.02 Å². The van der Waals surface area contributed by atoms with Crippen molar-refractivity contribution in [3.05, 3.63) is 52.8 Å². The molecule has 0 bridgehead atoms. The Bertz CT molecular complexity index is 1400. The van der Waals surface area contributed by atoms with Crippen LogP contribution in [0.15, 0.2) is 42.2 Å². The van der Waals surface area contributed by atoms with Crippen LogP contribution in [0, 0.1) is 0 Å². The standard InChI is InChI=1S/C24H25ClN8O4/c1-37-21(34)13-32-7-5-16(6-8-32)28-20-11-19(27-17-4-2-3-15(25)10-17)30-22-14(12-26-33(20)22)9-18-23(35)31-24(36)29-18/h2-4,9-12,16,28H,5-8,13H2,1H3,(H,27,30)(H2,29,31,35,36). The van der Waals surface area contributed by atoms with Gasteiger partial charge in [0.1, 0.15) is 17.3 Å². The zero-order chi connectivity index (χ0) is 25.9. The molecule has 2 fully saturated rings. The molecule has 2 aliphatic rings. The normalized spacial score (nSPS) is 17.6. The van der Waals surface area contributed by atoms with Crippen molar-refractivity contribution < 1.29 is 19.1 Å². The Morgan fingerprint density at radius 1 is 1.24 bits per heavy atom. The van der Waals surface area contributed by atoms with Crippen LogP contribution in [-0.2, 0) is 14.3 Å². The maximum Gasteiger partial charge on any atom is 0.326 e. The van der Waals surface area contributed by atoms with Crippen molar-refractivity contribution in [1.82, 2.24) is 30.1 Å². The number of imide groups is 1. The first-order chi connectivity index (χ1) is 17.9. The highest BCUT2D eigenvalue weighted by atomic mass is 35.5. The van der Waals surface area contributed by atoms with Crippen molar-refractivity contribution in [2.45, 2.75) is 18.9 Å². The minimum atomic E-state index is -0.579. The number of anilines is 3. The molecule has 4 N–H and O–H groups in total. The number of amides is 3. The Kier molecular flexibility index (Phi) is 6.93. The number of carbonyl (C=O) groups excluding carboxylic acids is 3. The number of nitrogens with one attached hydrogen (secondary N) is 4. The highest BCUT2D eigenvalue weighted by molar-refractivity contribution is 6.30. The van der Waals surface area contributed by atoms with E-state index in [-0.39, 0.29) is 24.3 Å². The van der Waals surface area contributed by atoms with Crippen LogP contribution in [0.25, 0.3) is 11.7 Å². The molecule has 0 aliphatic carbocycles. The number of hydrogen-bond acceptors (Lipinski definition) is 9. The predicted molar refractivity (Wildman–Crippen MR) is 137 cm³/mol. The minimum absolute atomic E-state index is 0.113. The first kappa shape index (κ1) is 24.5. The van der Waals surface area contributed by atoms with Crippen LogP contribution in [0.3, 0.4) is 0 Å². The SMILES string of the molecule is COC(=O)CN1CCC(Nc2cc(Nc3cccc(Cl)c3)nc3c(C=C4NC(=O)NC4=O)cnn23)CC1. The van der Waals surface area contributed by atoms with E-state index in [1.165, 1.54) is 13.2 Å². The lowest BCUT2D eigenvalue weighted by Gasteiger charge is -2.32. The molecule has 5 rings (SSSR count). The number of methoxy groups -OCH3 is 1. The van der Waals surface area contributed by atoms with Crippen molar-refractivity contribution in [2.24, 2.45) is 0 Å². The highest BCUT2D eigenvalue weighted by Crippen LogP contribution is 2.26. The van der Waals surface area contributed by atoms with Crippen LogP contribution in [0.1, 0.15) is 18.4 Å². The minimum Gasteiger partial charge on any atom is -0.468 e. The summed E-state index contributed by atoms with van der Waals surface area (Å²) in [5.41, 5.74) is 1.91. The molecule has 2 aliphatic heterocycles. The lowest BCUT2D eigenvalue weighted by Crippen LogP contribution is -2.41. The molecule has 3 amide bonds. The molecule has 1 aromatic carbocycles. The van der Waals surface area contributed by atoms with Crippen LogP contribution < -0.4 is 21.3 Å². The number of fused-ring (bicyclic) bond motifs is 1. The Hall–Kier alpha value is -4.16. The summed E-state index contributed by atoms with van der Waals surface area (Å²) < 4.78 is 6.43. The molecule has 0 unspecified atom stereocenters. The van der Waals surface area contributed by atoms with E-state index in [2.05, 4.69) is 31.3 Å². The van der Waals surface area contributed by atoms with Crippen molar-refractivity contribution in [1.29, 1.82) is 0 Å². The molecule has 37 heavy (non-hydrogen) atoms. The van der Waals surface area contributed by atoms with Gasteiger partial charge < -0.3 is 20.7 Å². The number of benzene rings is 1. The van der Waals surface area contributed by atoms with E-state index in [1.807, 2.05) is 18.2 Å². The molecule has 0 radical (unpaired) electrons. The number of piperidine rings is 1. The van der Waals surface area contributed by atoms with Gasteiger partial charge in [-0.05, 0) is 37.1 Å². The number of carbonyl (C=O) groups is 3. The second-order valence-corrected chi connectivity index (χ2v) is 9.17. The molecule has 2 saturated heterocycles. The quantitative estimate of drug-likeness (QED) is 0.208. The summed E-state index contributed by atoms with van der Waals surface area (Å²) in [6, 6.07) is 8.69. The summed E-state index contributed by atoms with van der Waals surface area (Å²) in [7, 11) is 1.39. The number of ether oxygens (including phenoxy) is 1. The van der Waals surface area contributed by atoms with Gasteiger partial charge in [-0.25, -0.2) is 9.78 Å². The zero-order valence-electron chi connectivity index (χ0n) is 20.0. The number of nitrogens with zero attached hydrogens (tertiary/aromatic N) is 4. The van der Waals surface area contributed by atoms with E-state index in [0.717, 1.165) is 31.6 Å². The van der Waals surface area contributed by atoms with Gasteiger partial charge in [0, 0.05) is 41.5 Å². The number of hydrogen-bond donors (Lipinski definition) is 4. The lowest BCUT2D eigenvalue weighted by molar-refractivity contribution is -0.142. The third-order valence-corrected chi connectivity index (χ3v) is 6.37. The van der Waals surface area contributed by atoms with Gasteiger partial charge in [0.25, 0.3) is 5.91 Å². The van der Waals surface area contributed by atoms with Gasteiger partial charge in [0.15, 0.2) is 5.65 Å². The van der Waals surface area contributed by atoms with Gasteiger partial charge in [-0.1, -0.05) is 17.7 Å². The molecule has 2 aromatic heterocycles. The molecule has 12 nitrogen and oxygen atoms in total. The van der Waals surface area contributed by atoms with Gasteiger partial charge in [-0.15, -0.1) is 0 Å². The first-order valence-corrected chi connectivity index (χ1v) is 12.1. The number of esters is 1. The summed E-state index contributed by atoms with van der Waals surface area (Å²) in [5, 5.41) is 16.6. The first-order valence-electron chi connectivity index (χ1n) is 11.7. The van der Waals surface area contributed by atoms with Crippen LogP contribution in [0.5, 0.6) is 0 Å². The van der Waals surface area contributed by atoms with Crippen LogP contribution in [-0.4, -0.2) is 70.2 Å². The summed E-state index contributed by atoms with van der Waals surface area (Å²) in [4.78, 5) is 42.0.